The van der Waals surface area contributed by atoms with Gasteiger partial charge in [0.1, 0.15) is 5.75 Å². The van der Waals surface area contributed by atoms with Gasteiger partial charge in [0, 0.05) is 13.2 Å². The molecule has 0 radical (unpaired) electrons. The molecule has 1 unspecified atom stereocenters. The van der Waals surface area contributed by atoms with Crippen molar-refractivity contribution in [3.05, 3.63) is 24.3 Å². The topological polar surface area (TPSA) is 75.6 Å². The maximum atomic E-state index is 12.1. The molecular weight excluding hydrogens is 290 g/mol. The highest BCUT2D eigenvalue weighted by atomic mass is 32.2. The average molecular weight is 315 g/mol. The third-order valence-corrected chi connectivity index (χ3v) is 4.40. The number of sulfonamides is 1. The van der Waals surface area contributed by atoms with E-state index in [4.69, 9.17) is 9.84 Å². The molecule has 0 spiro atoms. The van der Waals surface area contributed by atoms with Gasteiger partial charge < -0.3 is 9.84 Å². The lowest BCUT2D eigenvalue weighted by Gasteiger charge is -2.12. The van der Waals surface area contributed by atoms with E-state index in [1.54, 1.807) is 12.1 Å². The standard InChI is InChI=1S/C15H25NO4S/c1-12(2)11-20-14-4-6-15(7-5-14)21(18,19)16-10-13(3)8-9-17/h4-7,12-13,16-17H,8-11H2,1-3H3. The Bertz CT molecular complexity index is 511. The van der Waals surface area contributed by atoms with E-state index in [0.29, 0.717) is 31.2 Å². The molecule has 120 valence electrons. The van der Waals surface area contributed by atoms with E-state index in [-0.39, 0.29) is 17.4 Å². The number of aliphatic hydroxyl groups is 1. The van der Waals surface area contributed by atoms with Gasteiger partial charge in [0.15, 0.2) is 0 Å². The van der Waals surface area contributed by atoms with Crippen molar-refractivity contribution in [2.75, 3.05) is 19.8 Å². The summed E-state index contributed by atoms with van der Waals surface area (Å²) in [4.78, 5) is 0.218. The van der Waals surface area contributed by atoms with Crippen molar-refractivity contribution in [1.29, 1.82) is 0 Å². The van der Waals surface area contributed by atoms with Crippen molar-refractivity contribution in [2.24, 2.45) is 11.8 Å². The first-order chi connectivity index (χ1) is 9.85. The smallest absolute Gasteiger partial charge is 0.240 e. The number of nitrogens with one attached hydrogen (secondary N) is 1. The Hall–Kier alpha value is -1.11. The normalized spacial score (nSPS) is 13.4. The van der Waals surface area contributed by atoms with Gasteiger partial charge in [-0.25, -0.2) is 13.1 Å². The molecule has 1 aromatic rings. The number of benzene rings is 1. The van der Waals surface area contributed by atoms with Crippen LogP contribution in [0.15, 0.2) is 29.2 Å². The zero-order valence-electron chi connectivity index (χ0n) is 12.9. The predicted molar refractivity (Wildman–Crippen MR) is 82.8 cm³/mol. The Morgan fingerprint density at radius 3 is 2.33 bits per heavy atom. The fourth-order valence-electron chi connectivity index (χ4n) is 1.64. The fourth-order valence-corrected chi connectivity index (χ4v) is 2.80. The van der Waals surface area contributed by atoms with Crippen LogP contribution in [0.2, 0.25) is 0 Å². The molecule has 0 saturated heterocycles. The average Bonchev–Trinajstić information content (AvgIpc) is 2.44. The van der Waals surface area contributed by atoms with Crippen molar-refractivity contribution >= 4 is 10.0 Å². The first-order valence-electron chi connectivity index (χ1n) is 7.18. The van der Waals surface area contributed by atoms with Crippen LogP contribution in [0.3, 0.4) is 0 Å². The van der Waals surface area contributed by atoms with Gasteiger partial charge in [0.25, 0.3) is 0 Å². The maximum Gasteiger partial charge on any atom is 0.240 e. The number of hydrogen-bond donors (Lipinski definition) is 2. The summed E-state index contributed by atoms with van der Waals surface area (Å²) in [5.74, 6) is 1.18. The molecule has 1 aromatic carbocycles. The van der Waals surface area contributed by atoms with Crippen LogP contribution in [0, 0.1) is 11.8 Å². The first kappa shape index (κ1) is 17.9. The molecule has 0 aliphatic rings. The van der Waals surface area contributed by atoms with Gasteiger partial charge in [-0.3, -0.25) is 0 Å². The van der Waals surface area contributed by atoms with E-state index < -0.39 is 10.0 Å². The summed E-state index contributed by atoms with van der Waals surface area (Å²) in [6, 6.07) is 6.39. The molecule has 5 nitrogen and oxygen atoms in total. The third-order valence-electron chi connectivity index (χ3n) is 2.96. The van der Waals surface area contributed by atoms with Gasteiger partial charge in [-0.15, -0.1) is 0 Å². The lowest BCUT2D eigenvalue weighted by molar-refractivity contribution is 0.263. The highest BCUT2D eigenvalue weighted by Crippen LogP contribution is 2.16. The second-order valence-electron chi connectivity index (χ2n) is 5.65. The van der Waals surface area contributed by atoms with Crippen molar-refractivity contribution < 1.29 is 18.3 Å². The molecule has 0 aromatic heterocycles. The summed E-state index contributed by atoms with van der Waals surface area (Å²) in [5.41, 5.74) is 0. The molecule has 0 fully saturated rings. The number of ether oxygens (including phenoxy) is 1. The van der Waals surface area contributed by atoms with Crippen molar-refractivity contribution in [3.8, 4) is 5.75 Å². The zero-order valence-corrected chi connectivity index (χ0v) is 13.7. The molecule has 0 amide bonds. The second kappa shape index (κ2) is 8.36. The maximum absolute atomic E-state index is 12.1. The van der Waals surface area contributed by atoms with Crippen LogP contribution in [-0.4, -0.2) is 33.3 Å². The van der Waals surface area contributed by atoms with Crippen LogP contribution in [0.4, 0.5) is 0 Å². The van der Waals surface area contributed by atoms with Crippen LogP contribution in [0.5, 0.6) is 5.75 Å². The summed E-state index contributed by atoms with van der Waals surface area (Å²) < 4.78 is 32.3. The summed E-state index contributed by atoms with van der Waals surface area (Å²) in [7, 11) is -3.51. The summed E-state index contributed by atoms with van der Waals surface area (Å²) in [6.07, 6.45) is 0.574. The van der Waals surface area contributed by atoms with Crippen molar-refractivity contribution in [2.45, 2.75) is 32.1 Å². The van der Waals surface area contributed by atoms with Crippen LogP contribution in [-0.2, 0) is 10.0 Å². The summed E-state index contributed by atoms with van der Waals surface area (Å²) >= 11 is 0. The van der Waals surface area contributed by atoms with Gasteiger partial charge in [0.2, 0.25) is 10.0 Å². The highest BCUT2D eigenvalue weighted by molar-refractivity contribution is 7.89. The predicted octanol–water partition coefficient (Wildman–Crippen LogP) is 2.02. The van der Waals surface area contributed by atoms with Gasteiger partial charge >= 0.3 is 0 Å². The zero-order chi connectivity index (χ0) is 15.9. The first-order valence-corrected chi connectivity index (χ1v) is 8.67. The molecular formula is C15H25NO4S. The summed E-state index contributed by atoms with van der Waals surface area (Å²) in [6.45, 7) is 6.97. The Balaban J connectivity index is 2.62. The van der Waals surface area contributed by atoms with E-state index in [1.165, 1.54) is 12.1 Å². The molecule has 6 heteroatoms. The van der Waals surface area contributed by atoms with E-state index in [9.17, 15) is 8.42 Å². The van der Waals surface area contributed by atoms with Gasteiger partial charge in [-0.2, -0.15) is 0 Å². The molecule has 0 aliphatic heterocycles. The SMILES string of the molecule is CC(C)COc1ccc(S(=O)(=O)NCC(C)CCO)cc1. The van der Waals surface area contributed by atoms with Gasteiger partial charge in [0.05, 0.1) is 11.5 Å². The largest absolute Gasteiger partial charge is 0.493 e. The minimum absolute atomic E-state index is 0.0603. The molecule has 1 rings (SSSR count). The van der Waals surface area contributed by atoms with Gasteiger partial charge in [-0.05, 0) is 42.5 Å². The summed E-state index contributed by atoms with van der Waals surface area (Å²) in [5, 5.41) is 8.81. The molecule has 0 aliphatic carbocycles. The minimum atomic E-state index is -3.51. The fraction of sp³-hybridized carbons (Fsp3) is 0.600. The molecule has 0 bridgehead atoms. The van der Waals surface area contributed by atoms with Crippen molar-refractivity contribution in [3.63, 3.8) is 0 Å². The minimum Gasteiger partial charge on any atom is -0.493 e. The van der Waals surface area contributed by atoms with Crippen LogP contribution >= 0.6 is 0 Å². The van der Waals surface area contributed by atoms with E-state index in [2.05, 4.69) is 18.6 Å². The van der Waals surface area contributed by atoms with Crippen LogP contribution < -0.4 is 9.46 Å². The number of aliphatic hydroxyl groups excluding tert-OH is 1. The third kappa shape index (κ3) is 6.46. The lowest BCUT2D eigenvalue weighted by Crippen LogP contribution is -2.28. The van der Waals surface area contributed by atoms with Crippen LogP contribution in [0.25, 0.3) is 0 Å². The molecule has 21 heavy (non-hydrogen) atoms. The van der Waals surface area contributed by atoms with Gasteiger partial charge in [-0.1, -0.05) is 20.8 Å². The monoisotopic (exact) mass is 315 g/mol. The lowest BCUT2D eigenvalue weighted by atomic mass is 10.1. The molecule has 1 atom stereocenters. The molecule has 0 saturated carbocycles. The Morgan fingerprint density at radius 1 is 1.19 bits per heavy atom. The van der Waals surface area contributed by atoms with Crippen molar-refractivity contribution in [1.82, 2.24) is 4.72 Å². The quantitative estimate of drug-likeness (QED) is 0.731. The Kier molecular flexibility index (Phi) is 7.14. The van der Waals surface area contributed by atoms with E-state index in [1.807, 2.05) is 6.92 Å². The number of hydrogen-bond acceptors (Lipinski definition) is 4. The van der Waals surface area contributed by atoms with Crippen LogP contribution in [0.1, 0.15) is 27.2 Å². The molecule has 0 heterocycles. The number of rotatable bonds is 9. The van der Waals surface area contributed by atoms with E-state index in [0.717, 1.165) is 0 Å². The Morgan fingerprint density at radius 2 is 1.81 bits per heavy atom. The molecule has 2 N–H and O–H groups in total. The Labute approximate surface area is 127 Å². The highest BCUT2D eigenvalue weighted by Gasteiger charge is 2.15. The van der Waals surface area contributed by atoms with E-state index >= 15 is 0 Å². The second-order valence-corrected chi connectivity index (χ2v) is 7.41.